The first-order valence-corrected chi connectivity index (χ1v) is 7.05. The van der Waals surface area contributed by atoms with Gasteiger partial charge in [-0.3, -0.25) is 0 Å². The third kappa shape index (κ3) is 2.77. The van der Waals surface area contributed by atoms with E-state index in [0.717, 1.165) is 5.69 Å². The summed E-state index contributed by atoms with van der Waals surface area (Å²) in [6, 6.07) is 6.40. The van der Waals surface area contributed by atoms with Crippen molar-refractivity contribution >= 4 is 27.4 Å². The highest BCUT2D eigenvalue weighted by molar-refractivity contribution is 7.90. The summed E-state index contributed by atoms with van der Waals surface area (Å²) in [6.45, 7) is 0. The zero-order valence-corrected chi connectivity index (χ0v) is 10.7. The fraction of sp³-hybridized carbons (Fsp3) is 0.200. The third-order valence-corrected chi connectivity index (χ3v) is 3.38. The van der Waals surface area contributed by atoms with Gasteiger partial charge in [-0.05, 0) is 24.3 Å². The zero-order valence-electron chi connectivity index (χ0n) is 9.93. The second-order valence-electron chi connectivity index (χ2n) is 3.68. The topological polar surface area (TPSA) is 99.8 Å². The Morgan fingerprint density at radius 1 is 1.22 bits per heavy atom. The summed E-state index contributed by atoms with van der Waals surface area (Å²) in [4.78, 5) is 4.37. The Balaban J connectivity index is 2.15. The van der Waals surface area contributed by atoms with E-state index < -0.39 is 9.84 Å². The number of nitrogens with zero attached hydrogens (tertiary/aromatic N) is 2. The van der Waals surface area contributed by atoms with Crippen LogP contribution >= 0.6 is 0 Å². The van der Waals surface area contributed by atoms with Gasteiger partial charge in [0.25, 0.3) is 0 Å². The number of hydrogen-bond donors (Lipinski definition) is 3. The Labute approximate surface area is 105 Å². The van der Waals surface area contributed by atoms with Gasteiger partial charge in [-0.1, -0.05) is 0 Å². The van der Waals surface area contributed by atoms with E-state index in [0.29, 0.717) is 11.9 Å². The SMILES string of the molecule is CNc1n[nH]c(Nc2ccc(S(C)(=O)=O)cc2)n1. The first-order chi connectivity index (χ1) is 8.49. The molecule has 7 nitrogen and oxygen atoms in total. The van der Waals surface area contributed by atoms with Crippen molar-refractivity contribution in [2.24, 2.45) is 0 Å². The molecule has 3 N–H and O–H groups in total. The second-order valence-corrected chi connectivity index (χ2v) is 5.69. The minimum absolute atomic E-state index is 0.279. The molecule has 0 spiro atoms. The van der Waals surface area contributed by atoms with E-state index in [2.05, 4.69) is 25.8 Å². The molecular weight excluding hydrogens is 254 g/mol. The van der Waals surface area contributed by atoms with Gasteiger partial charge in [-0.2, -0.15) is 4.98 Å². The first kappa shape index (κ1) is 12.4. The van der Waals surface area contributed by atoms with Crippen LogP contribution in [0, 0.1) is 0 Å². The average Bonchev–Trinajstić information content (AvgIpc) is 2.76. The van der Waals surface area contributed by atoms with Crippen LogP contribution in [0.2, 0.25) is 0 Å². The van der Waals surface area contributed by atoms with Crippen molar-refractivity contribution in [3.05, 3.63) is 24.3 Å². The summed E-state index contributed by atoms with van der Waals surface area (Å²) >= 11 is 0. The fourth-order valence-corrected chi connectivity index (χ4v) is 1.98. The molecule has 18 heavy (non-hydrogen) atoms. The number of hydrogen-bond acceptors (Lipinski definition) is 6. The van der Waals surface area contributed by atoms with Crippen LogP contribution in [0.15, 0.2) is 29.2 Å². The summed E-state index contributed by atoms with van der Waals surface area (Å²) < 4.78 is 22.6. The number of benzene rings is 1. The summed E-state index contributed by atoms with van der Waals surface area (Å²) in [5.41, 5.74) is 0.723. The molecule has 96 valence electrons. The maximum atomic E-state index is 11.3. The smallest absolute Gasteiger partial charge is 0.243 e. The van der Waals surface area contributed by atoms with Crippen LogP contribution in [0.1, 0.15) is 0 Å². The van der Waals surface area contributed by atoms with Crippen molar-refractivity contribution in [1.82, 2.24) is 15.2 Å². The van der Waals surface area contributed by atoms with Crippen LogP contribution in [0.4, 0.5) is 17.6 Å². The van der Waals surface area contributed by atoms with Crippen LogP contribution in [-0.4, -0.2) is 36.9 Å². The number of H-pyrrole nitrogens is 1. The molecule has 1 heterocycles. The summed E-state index contributed by atoms with van der Waals surface area (Å²) in [6.07, 6.45) is 1.17. The lowest BCUT2D eigenvalue weighted by Gasteiger charge is -2.03. The molecule has 8 heteroatoms. The van der Waals surface area contributed by atoms with E-state index in [1.807, 2.05) is 0 Å². The maximum Gasteiger partial charge on any atom is 0.243 e. The fourth-order valence-electron chi connectivity index (χ4n) is 1.35. The van der Waals surface area contributed by atoms with Gasteiger partial charge in [0.05, 0.1) is 4.90 Å². The van der Waals surface area contributed by atoms with Gasteiger partial charge in [0.1, 0.15) is 0 Å². The largest absolute Gasteiger partial charge is 0.356 e. The van der Waals surface area contributed by atoms with E-state index in [4.69, 9.17) is 0 Å². The number of anilines is 3. The Kier molecular flexibility index (Phi) is 3.19. The number of aromatic nitrogens is 3. The van der Waals surface area contributed by atoms with Crippen molar-refractivity contribution in [1.29, 1.82) is 0 Å². The van der Waals surface area contributed by atoms with Crippen molar-refractivity contribution in [2.75, 3.05) is 23.9 Å². The van der Waals surface area contributed by atoms with Crippen molar-refractivity contribution in [3.8, 4) is 0 Å². The zero-order chi connectivity index (χ0) is 13.2. The molecule has 0 aliphatic rings. The van der Waals surface area contributed by atoms with Gasteiger partial charge in [0.15, 0.2) is 9.84 Å². The second kappa shape index (κ2) is 4.65. The maximum absolute atomic E-state index is 11.3. The van der Waals surface area contributed by atoms with Gasteiger partial charge in [0, 0.05) is 19.0 Å². The molecule has 0 radical (unpaired) electrons. The first-order valence-electron chi connectivity index (χ1n) is 5.16. The van der Waals surface area contributed by atoms with E-state index in [1.165, 1.54) is 18.4 Å². The lowest BCUT2D eigenvalue weighted by molar-refractivity contribution is 0.602. The lowest BCUT2D eigenvalue weighted by Crippen LogP contribution is -1.98. The van der Waals surface area contributed by atoms with E-state index in [1.54, 1.807) is 19.2 Å². The van der Waals surface area contributed by atoms with Gasteiger partial charge in [0.2, 0.25) is 11.9 Å². The molecule has 2 rings (SSSR count). The molecule has 0 aliphatic carbocycles. The number of rotatable bonds is 4. The molecule has 0 saturated heterocycles. The van der Waals surface area contributed by atoms with Crippen LogP contribution in [0.5, 0.6) is 0 Å². The molecule has 0 atom stereocenters. The van der Waals surface area contributed by atoms with Gasteiger partial charge in [-0.15, -0.1) is 5.10 Å². The third-order valence-electron chi connectivity index (χ3n) is 2.25. The molecule has 0 fully saturated rings. The average molecular weight is 267 g/mol. The van der Waals surface area contributed by atoms with E-state index >= 15 is 0 Å². The van der Waals surface area contributed by atoms with Crippen LogP contribution in [-0.2, 0) is 9.84 Å². The van der Waals surface area contributed by atoms with Crippen LogP contribution < -0.4 is 10.6 Å². The van der Waals surface area contributed by atoms with Crippen LogP contribution in [0.3, 0.4) is 0 Å². The lowest BCUT2D eigenvalue weighted by atomic mass is 10.3. The monoisotopic (exact) mass is 267 g/mol. The summed E-state index contributed by atoms with van der Waals surface area (Å²) in [5, 5.41) is 12.3. The Morgan fingerprint density at radius 2 is 1.89 bits per heavy atom. The molecule has 0 aliphatic heterocycles. The molecule has 0 amide bonds. The number of aromatic amines is 1. The normalized spacial score (nSPS) is 11.2. The predicted octanol–water partition coefficient (Wildman–Crippen LogP) is 0.993. The predicted molar refractivity (Wildman–Crippen MR) is 68.8 cm³/mol. The molecule has 2 aromatic rings. The minimum atomic E-state index is -3.17. The number of sulfone groups is 1. The summed E-state index contributed by atoms with van der Waals surface area (Å²) in [5.74, 6) is 0.955. The molecule has 1 aromatic carbocycles. The standard InChI is InChI=1S/C10H13N5O2S/c1-11-9-13-10(15-14-9)12-7-3-5-8(6-4-7)18(2,16)17/h3-6H,1-2H3,(H3,11,12,13,14,15). The molecular formula is C10H13N5O2S. The summed E-state index contributed by atoms with van der Waals surface area (Å²) in [7, 11) is -1.45. The molecule has 1 aromatic heterocycles. The van der Waals surface area contributed by atoms with E-state index in [-0.39, 0.29) is 4.90 Å². The molecule has 0 saturated carbocycles. The minimum Gasteiger partial charge on any atom is -0.356 e. The number of nitrogens with one attached hydrogen (secondary N) is 3. The van der Waals surface area contributed by atoms with Crippen molar-refractivity contribution in [3.63, 3.8) is 0 Å². The highest BCUT2D eigenvalue weighted by Crippen LogP contribution is 2.17. The van der Waals surface area contributed by atoms with Gasteiger partial charge in [-0.25, -0.2) is 13.5 Å². The van der Waals surface area contributed by atoms with Crippen molar-refractivity contribution in [2.45, 2.75) is 4.90 Å². The quantitative estimate of drug-likeness (QED) is 0.764. The molecule has 0 unspecified atom stereocenters. The van der Waals surface area contributed by atoms with Gasteiger partial charge < -0.3 is 10.6 Å². The molecule has 0 bridgehead atoms. The highest BCUT2D eigenvalue weighted by atomic mass is 32.2. The van der Waals surface area contributed by atoms with E-state index in [9.17, 15) is 8.42 Å². The Bertz CT molecular complexity index is 633. The Morgan fingerprint density at radius 3 is 2.39 bits per heavy atom. The highest BCUT2D eigenvalue weighted by Gasteiger charge is 2.07. The van der Waals surface area contributed by atoms with Gasteiger partial charge >= 0.3 is 0 Å². The van der Waals surface area contributed by atoms with Crippen molar-refractivity contribution < 1.29 is 8.42 Å². The Hall–Kier alpha value is -2.09. The van der Waals surface area contributed by atoms with Crippen LogP contribution in [0.25, 0.3) is 0 Å².